The van der Waals surface area contributed by atoms with Crippen LogP contribution in [0.25, 0.3) is 11.0 Å². The molecule has 11 nitrogen and oxygen atoms in total. The minimum absolute atomic E-state index is 0.00741. The van der Waals surface area contributed by atoms with Crippen LogP contribution in [-0.4, -0.2) is 55.1 Å². The summed E-state index contributed by atoms with van der Waals surface area (Å²) in [6.45, 7) is 5.86. The quantitative estimate of drug-likeness (QED) is 0.253. The Kier molecular flexibility index (Phi) is 9.47. The van der Waals surface area contributed by atoms with Gasteiger partial charge in [-0.2, -0.15) is 0 Å². The third-order valence-corrected chi connectivity index (χ3v) is 6.44. The van der Waals surface area contributed by atoms with Gasteiger partial charge in [0.25, 0.3) is 11.8 Å². The maximum Gasteiger partial charge on any atom is 0.410 e. The molecular formula is C33H33N3O8. The van der Waals surface area contributed by atoms with E-state index in [1.807, 2.05) is 12.1 Å². The molecule has 4 rings (SSSR count). The normalized spacial score (nSPS) is 11.0. The molecule has 0 saturated carbocycles. The second-order valence-corrected chi connectivity index (χ2v) is 11.0. The third-order valence-electron chi connectivity index (χ3n) is 6.44. The van der Waals surface area contributed by atoms with Crippen LogP contribution in [0.5, 0.6) is 0 Å². The SMILES string of the molecule is COC(=O)c1ccc(C(=O)Nc2ccc(CCN(C)C(=O)OC(C)(C)C)cc2)c(NC(=O)c2cc(=O)c3ccccc3o2)c1. The molecule has 0 spiro atoms. The maximum absolute atomic E-state index is 13.3. The number of nitrogens with zero attached hydrogens (tertiary/aromatic N) is 1. The molecule has 0 bridgehead atoms. The summed E-state index contributed by atoms with van der Waals surface area (Å²) in [5, 5.41) is 5.68. The van der Waals surface area contributed by atoms with Crippen molar-refractivity contribution in [3.05, 3.63) is 105 Å². The molecule has 2 N–H and O–H groups in total. The molecule has 3 amide bonds. The summed E-state index contributed by atoms with van der Waals surface area (Å²) in [6, 6.07) is 18.7. The largest absolute Gasteiger partial charge is 0.465 e. The number of amides is 3. The summed E-state index contributed by atoms with van der Waals surface area (Å²) < 4.78 is 15.8. The molecule has 1 aromatic heterocycles. The molecule has 1 heterocycles. The number of benzene rings is 3. The van der Waals surface area contributed by atoms with Crippen LogP contribution in [0, 0.1) is 0 Å². The lowest BCUT2D eigenvalue weighted by atomic mass is 10.1. The molecule has 11 heteroatoms. The van der Waals surface area contributed by atoms with Crippen LogP contribution in [0.2, 0.25) is 0 Å². The predicted molar refractivity (Wildman–Crippen MR) is 165 cm³/mol. The number of hydrogen-bond donors (Lipinski definition) is 2. The van der Waals surface area contributed by atoms with E-state index in [2.05, 4.69) is 10.6 Å². The Hall–Kier alpha value is -5.45. The minimum Gasteiger partial charge on any atom is -0.465 e. The minimum atomic E-state index is -0.787. The highest BCUT2D eigenvalue weighted by atomic mass is 16.6. The van der Waals surface area contributed by atoms with Gasteiger partial charge in [0.1, 0.15) is 11.2 Å². The van der Waals surface area contributed by atoms with E-state index in [4.69, 9.17) is 13.9 Å². The molecule has 0 unspecified atom stereocenters. The van der Waals surface area contributed by atoms with Gasteiger partial charge in [0.2, 0.25) is 0 Å². The van der Waals surface area contributed by atoms with Gasteiger partial charge in [-0.15, -0.1) is 0 Å². The number of anilines is 2. The molecule has 0 atom stereocenters. The first-order chi connectivity index (χ1) is 20.8. The Bertz CT molecular complexity index is 1770. The van der Waals surface area contributed by atoms with Gasteiger partial charge in [0.05, 0.1) is 29.3 Å². The zero-order valence-electron chi connectivity index (χ0n) is 25.1. The number of methoxy groups -OCH3 is 1. The molecule has 0 saturated heterocycles. The molecule has 4 aromatic rings. The van der Waals surface area contributed by atoms with Crippen LogP contribution < -0.4 is 16.1 Å². The number of fused-ring (bicyclic) bond motifs is 1. The zero-order valence-corrected chi connectivity index (χ0v) is 25.1. The number of carbonyl (C=O) groups is 4. The first-order valence-electron chi connectivity index (χ1n) is 13.8. The van der Waals surface area contributed by atoms with Crippen molar-refractivity contribution in [2.24, 2.45) is 0 Å². The lowest BCUT2D eigenvalue weighted by Crippen LogP contribution is -2.35. The number of nitrogens with one attached hydrogen (secondary N) is 2. The number of hydrogen-bond acceptors (Lipinski definition) is 8. The lowest BCUT2D eigenvalue weighted by Gasteiger charge is -2.24. The zero-order chi connectivity index (χ0) is 32.0. The van der Waals surface area contributed by atoms with Crippen molar-refractivity contribution in [3.8, 4) is 0 Å². The van der Waals surface area contributed by atoms with E-state index in [9.17, 15) is 24.0 Å². The van der Waals surface area contributed by atoms with Crippen LogP contribution in [0.4, 0.5) is 16.2 Å². The molecule has 228 valence electrons. The predicted octanol–water partition coefficient (Wildman–Crippen LogP) is 5.49. The number of carbonyl (C=O) groups excluding carboxylic acids is 4. The first-order valence-corrected chi connectivity index (χ1v) is 13.8. The van der Waals surface area contributed by atoms with Crippen molar-refractivity contribution in [3.63, 3.8) is 0 Å². The van der Waals surface area contributed by atoms with Crippen molar-refractivity contribution in [2.45, 2.75) is 32.8 Å². The van der Waals surface area contributed by atoms with E-state index in [1.54, 1.807) is 64.2 Å². The van der Waals surface area contributed by atoms with E-state index in [-0.39, 0.29) is 28.2 Å². The summed E-state index contributed by atoms with van der Waals surface area (Å²) in [7, 11) is 2.88. The molecule has 0 aliphatic heterocycles. The monoisotopic (exact) mass is 599 g/mol. The fourth-order valence-corrected chi connectivity index (χ4v) is 4.17. The number of likely N-dealkylation sites (N-methyl/N-ethyl adjacent to an activating group) is 1. The first kappa shape index (κ1) is 31.5. The Morgan fingerprint density at radius 3 is 2.27 bits per heavy atom. The van der Waals surface area contributed by atoms with Gasteiger partial charge in [-0.25, -0.2) is 9.59 Å². The Morgan fingerprint density at radius 2 is 1.59 bits per heavy atom. The number of para-hydroxylation sites is 1. The standard InChI is InChI=1S/C33H33N3O8/c1-33(2,3)44-32(41)36(4)17-16-20-10-13-22(14-11-20)34-29(38)23-15-12-21(31(40)42-5)18-25(23)35-30(39)28-19-26(37)24-8-6-7-9-27(24)43-28/h6-15,18-19H,16-17H2,1-5H3,(H,34,38)(H,35,39). The molecule has 0 fully saturated rings. The van der Waals surface area contributed by atoms with Gasteiger partial charge >= 0.3 is 12.1 Å². The van der Waals surface area contributed by atoms with Crippen LogP contribution >= 0.6 is 0 Å². The molecule has 0 aliphatic carbocycles. The van der Waals surface area contributed by atoms with E-state index in [1.165, 1.54) is 30.2 Å². The van der Waals surface area contributed by atoms with Gasteiger partial charge in [0.15, 0.2) is 11.2 Å². The van der Waals surface area contributed by atoms with Gasteiger partial charge in [0, 0.05) is 25.3 Å². The van der Waals surface area contributed by atoms with Crippen molar-refractivity contribution in [1.82, 2.24) is 4.90 Å². The average Bonchev–Trinajstić information content (AvgIpc) is 2.99. The van der Waals surface area contributed by atoms with E-state index >= 15 is 0 Å². The summed E-state index contributed by atoms with van der Waals surface area (Å²) in [4.78, 5) is 64.8. The van der Waals surface area contributed by atoms with Crippen LogP contribution in [0.3, 0.4) is 0 Å². The Balaban J connectivity index is 1.50. The second kappa shape index (κ2) is 13.2. The van der Waals surface area contributed by atoms with Gasteiger partial charge < -0.3 is 29.4 Å². The smallest absolute Gasteiger partial charge is 0.410 e. The fourth-order valence-electron chi connectivity index (χ4n) is 4.17. The van der Waals surface area contributed by atoms with Crippen molar-refractivity contribution in [1.29, 1.82) is 0 Å². The number of esters is 1. The number of rotatable bonds is 8. The molecule has 3 aromatic carbocycles. The van der Waals surface area contributed by atoms with Gasteiger partial charge in [-0.1, -0.05) is 24.3 Å². The molecular weight excluding hydrogens is 566 g/mol. The molecule has 0 radical (unpaired) electrons. The Morgan fingerprint density at radius 1 is 0.886 bits per heavy atom. The van der Waals surface area contributed by atoms with Crippen LogP contribution in [0.1, 0.15) is 57.6 Å². The number of ether oxygens (including phenoxy) is 2. The maximum atomic E-state index is 13.3. The van der Waals surface area contributed by atoms with E-state index in [0.717, 1.165) is 11.6 Å². The highest BCUT2D eigenvalue weighted by Crippen LogP contribution is 2.23. The lowest BCUT2D eigenvalue weighted by molar-refractivity contribution is 0.0300. The van der Waals surface area contributed by atoms with Gasteiger partial charge in [-0.05, 0) is 75.2 Å². The highest BCUT2D eigenvalue weighted by Gasteiger charge is 2.21. The van der Waals surface area contributed by atoms with Crippen molar-refractivity contribution < 1.29 is 33.1 Å². The van der Waals surface area contributed by atoms with Crippen molar-refractivity contribution >= 4 is 46.2 Å². The highest BCUT2D eigenvalue weighted by molar-refractivity contribution is 6.13. The van der Waals surface area contributed by atoms with E-state index in [0.29, 0.717) is 24.0 Å². The van der Waals surface area contributed by atoms with Crippen LogP contribution in [0.15, 0.2) is 82.0 Å². The summed E-state index contributed by atoms with van der Waals surface area (Å²) in [5.74, 6) is -2.28. The summed E-state index contributed by atoms with van der Waals surface area (Å²) >= 11 is 0. The van der Waals surface area contributed by atoms with Gasteiger partial charge in [-0.3, -0.25) is 14.4 Å². The fraction of sp³-hybridized carbons (Fsp3) is 0.242. The average molecular weight is 600 g/mol. The second-order valence-electron chi connectivity index (χ2n) is 11.0. The van der Waals surface area contributed by atoms with Crippen molar-refractivity contribution in [2.75, 3.05) is 31.3 Å². The third kappa shape index (κ3) is 7.88. The summed E-state index contributed by atoms with van der Waals surface area (Å²) in [6.07, 6.45) is 0.158. The Labute approximate surface area is 253 Å². The summed E-state index contributed by atoms with van der Waals surface area (Å²) in [5.41, 5.74) is 0.814. The molecule has 0 aliphatic rings. The van der Waals surface area contributed by atoms with E-state index < -0.39 is 34.9 Å². The molecule has 44 heavy (non-hydrogen) atoms. The topological polar surface area (TPSA) is 144 Å². The van der Waals surface area contributed by atoms with Crippen LogP contribution in [-0.2, 0) is 15.9 Å².